The van der Waals surface area contributed by atoms with Crippen LogP contribution in [-0.2, 0) is 20.1 Å². The maximum atomic E-state index is 5.77. The first-order chi connectivity index (χ1) is 10.3. The average molecular weight is 287 g/mol. The second-order valence-corrected chi connectivity index (χ2v) is 5.35. The lowest BCUT2D eigenvalue weighted by molar-refractivity contribution is 0.294. The minimum atomic E-state index is 0.350. The molecule has 0 amide bonds. The van der Waals surface area contributed by atoms with E-state index in [1.807, 2.05) is 6.07 Å². The summed E-state index contributed by atoms with van der Waals surface area (Å²) < 4.78 is 5.77. The number of tetrazole rings is 1. The van der Waals surface area contributed by atoms with Gasteiger partial charge in [-0.2, -0.15) is 4.80 Å². The second-order valence-electron chi connectivity index (χ2n) is 5.35. The third kappa shape index (κ3) is 3.21. The predicted molar refractivity (Wildman–Crippen MR) is 78.9 cm³/mol. The lowest BCUT2D eigenvalue weighted by Crippen LogP contribution is -2.24. The first-order valence-electron chi connectivity index (χ1n) is 7.48. The number of rotatable bonds is 5. The fourth-order valence-corrected chi connectivity index (χ4v) is 2.87. The first-order valence-corrected chi connectivity index (χ1v) is 7.48. The van der Waals surface area contributed by atoms with Gasteiger partial charge in [0.25, 0.3) is 0 Å². The van der Waals surface area contributed by atoms with Crippen LogP contribution in [0, 0.1) is 0 Å². The predicted octanol–water partition coefficient (Wildman–Crippen LogP) is 1.78. The molecule has 1 aliphatic carbocycles. The van der Waals surface area contributed by atoms with Crippen molar-refractivity contribution in [2.45, 2.75) is 38.8 Å². The van der Waals surface area contributed by atoms with Crippen LogP contribution in [0.3, 0.4) is 0 Å². The molecule has 2 aromatic rings. The van der Waals surface area contributed by atoms with Crippen LogP contribution in [0.4, 0.5) is 0 Å². The van der Waals surface area contributed by atoms with Crippen molar-refractivity contribution in [2.75, 3.05) is 6.54 Å². The fraction of sp³-hybridized carbons (Fsp3) is 0.533. The number of hydrogen-bond donors (Lipinski definition) is 1. The van der Waals surface area contributed by atoms with E-state index in [0.717, 1.165) is 18.7 Å². The molecular formula is C15H21N5O. The van der Waals surface area contributed by atoms with E-state index in [1.165, 1.54) is 28.8 Å². The summed E-state index contributed by atoms with van der Waals surface area (Å²) in [6.07, 6.45) is 3.56. The van der Waals surface area contributed by atoms with Crippen molar-refractivity contribution in [2.24, 2.45) is 7.05 Å². The SMILES string of the molecule is CCNC1CCCc2cc(OCc3nnn(C)n3)ccc21. The van der Waals surface area contributed by atoms with Crippen molar-refractivity contribution in [1.29, 1.82) is 0 Å². The topological polar surface area (TPSA) is 64.9 Å². The van der Waals surface area contributed by atoms with E-state index in [9.17, 15) is 0 Å². The quantitative estimate of drug-likeness (QED) is 0.908. The summed E-state index contributed by atoms with van der Waals surface area (Å²) >= 11 is 0. The number of nitrogens with one attached hydrogen (secondary N) is 1. The minimum Gasteiger partial charge on any atom is -0.485 e. The highest BCUT2D eigenvalue weighted by atomic mass is 16.5. The van der Waals surface area contributed by atoms with Crippen LogP contribution in [0.2, 0.25) is 0 Å². The van der Waals surface area contributed by atoms with Gasteiger partial charge in [0.2, 0.25) is 5.82 Å². The van der Waals surface area contributed by atoms with Crippen molar-refractivity contribution < 1.29 is 4.74 Å². The zero-order valence-corrected chi connectivity index (χ0v) is 12.5. The smallest absolute Gasteiger partial charge is 0.212 e. The Balaban J connectivity index is 1.70. The Morgan fingerprint density at radius 2 is 2.33 bits per heavy atom. The molecule has 6 nitrogen and oxygen atoms in total. The summed E-state index contributed by atoms with van der Waals surface area (Å²) in [5, 5.41) is 15.4. The van der Waals surface area contributed by atoms with Gasteiger partial charge in [-0.25, -0.2) is 0 Å². The normalized spacial score (nSPS) is 17.5. The van der Waals surface area contributed by atoms with Gasteiger partial charge < -0.3 is 10.1 Å². The Kier molecular flexibility index (Phi) is 4.15. The molecule has 1 N–H and O–H groups in total. The molecule has 1 aliphatic rings. The molecule has 1 heterocycles. The Hall–Kier alpha value is -1.95. The summed E-state index contributed by atoms with van der Waals surface area (Å²) in [5.74, 6) is 1.47. The summed E-state index contributed by atoms with van der Waals surface area (Å²) in [7, 11) is 1.75. The third-order valence-electron chi connectivity index (χ3n) is 3.80. The summed E-state index contributed by atoms with van der Waals surface area (Å²) in [6, 6.07) is 6.84. The van der Waals surface area contributed by atoms with Crippen LogP contribution in [0.25, 0.3) is 0 Å². The highest BCUT2D eigenvalue weighted by Gasteiger charge is 2.19. The van der Waals surface area contributed by atoms with E-state index in [4.69, 9.17) is 4.74 Å². The lowest BCUT2D eigenvalue weighted by Gasteiger charge is -2.26. The Labute approximate surface area is 124 Å². The standard InChI is InChI=1S/C15H21N5O/c1-3-16-14-6-4-5-11-9-12(7-8-13(11)14)21-10-15-17-19-20(2)18-15/h7-9,14,16H,3-6,10H2,1-2H3. The monoisotopic (exact) mass is 287 g/mol. The zero-order valence-electron chi connectivity index (χ0n) is 12.5. The third-order valence-corrected chi connectivity index (χ3v) is 3.80. The van der Waals surface area contributed by atoms with Crippen molar-refractivity contribution in [3.8, 4) is 5.75 Å². The molecule has 0 bridgehead atoms. The molecule has 3 rings (SSSR count). The number of ether oxygens (including phenoxy) is 1. The molecule has 0 fully saturated rings. The number of fused-ring (bicyclic) bond motifs is 1. The Morgan fingerprint density at radius 1 is 1.43 bits per heavy atom. The van der Waals surface area contributed by atoms with E-state index < -0.39 is 0 Å². The van der Waals surface area contributed by atoms with Gasteiger partial charge in [0.15, 0.2) is 6.61 Å². The maximum Gasteiger partial charge on any atom is 0.212 e. The molecule has 1 aromatic heterocycles. The molecule has 0 saturated heterocycles. The van der Waals surface area contributed by atoms with Gasteiger partial charge in [-0.3, -0.25) is 0 Å². The van der Waals surface area contributed by atoms with Gasteiger partial charge in [0, 0.05) is 6.04 Å². The van der Waals surface area contributed by atoms with Crippen LogP contribution >= 0.6 is 0 Å². The summed E-state index contributed by atoms with van der Waals surface area (Å²) in [6.45, 7) is 3.50. The van der Waals surface area contributed by atoms with Gasteiger partial charge in [0.05, 0.1) is 7.05 Å². The van der Waals surface area contributed by atoms with E-state index >= 15 is 0 Å². The van der Waals surface area contributed by atoms with Crippen molar-refractivity contribution in [1.82, 2.24) is 25.5 Å². The Bertz CT molecular complexity index is 610. The van der Waals surface area contributed by atoms with Gasteiger partial charge in [-0.15, -0.1) is 10.2 Å². The number of aryl methyl sites for hydroxylation is 2. The molecule has 112 valence electrons. The summed E-state index contributed by atoms with van der Waals surface area (Å²) in [4.78, 5) is 1.44. The van der Waals surface area contributed by atoms with E-state index in [0.29, 0.717) is 18.5 Å². The van der Waals surface area contributed by atoms with Gasteiger partial charge in [0.1, 0.15) is 5.75 Å². The van der Waals surface area contributed by atoms with Gasteiger partial charge in [-0.1, -0.05) is 13.0 Å². The number of nitrogens with zero attached hydrogens (tertiary/aromatic N) is 4. The molecule has 0 radical (unpaired) electrons. The lowest BCUT2D eigenvalue weighted by atomic mass is 9.87. The molecule has 1 aromatic carbocycles. The Morgan fingerprint density at radius 3 is 3.10 bits per heavy atom. The highest BCUT2D eigenvalue weighted by Crippen LogP contribution is 2.32. The van der Waals surface area contributed by atoms with Crippen molar-refractivity contribution in [3.63, 3.8) is 0 Å². The minimum absolute atomic E-state index is 0.350. The molecule has 1 atom stereocenters. The van der Waals surface area contributed by atoms with E-state index in [-0.39, 0.29) is 0 Å². The van der Waals surface area contributed by atoms with Gasteiger partial charge in [-0.05, 0) is 54.3 Å². The van der Waals surface area contributed by atoms with Crippen molar-refractivity contribution in [3.05, 3.63) is 35.2 Å². The molecule has 0 saturated carbocycles. The molecule has 21 heavy (non-hydrogen) atoms. The zero-order chi connectivity index (χ0) is 14.7. The molecule has 6 heteroatoms. The molecular weight excluding hydrogens is 266 g/mol. The second kappa shape index (κ2) is 6.22. The van der Waals surface area contributed by atoms with Gasteiger partial charge >= 0.3 is 0 Å². The van der Waals surface area contributed by atoms with E-state index in [2.05, 4.69) is 39.8 Å². The molecule has 1 unspecified atom stereocenters. The summed E-state index contributed by atoms with van der Waals surface area (Å²) in [5.41, 5.74) is 2.80. The first kappa shape index (κ1) is 14.0. The number of benzene rings is 1. The largest absolute Gasteiger partial charge is 0.485 e. The highest BCUT2D eigenvalue weighted by molar-refractivity contribution is 5.39. The van der Waals surface area contributed by atoms with E-state index in [1.54, 1.807) is 7.05 Å². The van der Waals surface area contributed by atoms with Crippen LogP contribution in [0.5, 0.6) is 5.75 Å². The van der Waals surface area contributed by atoms with Crippen molar-refractivity contribution >= 4 is 0 Å². The van der Waals surface area contributed by atoms with Crippen LogP contribution < -0.4 is 10.1 Å². The van der Waals surface area contributed by atoms with Crippen LogP contribution in [-0.4, -0.2) is 26.8 Å². The molecule has 0 spiro atoms. The number of aromatic nitrogens is 4. The molecule has 0 aliphatic heterocycles. The van der Waals surface area contributed by atoms with Crippen LogP contribution in [0.15, 0.2) is 18.2 Å². The number of hydrogen-bond acceptors (Lipinski definition) is 5. The average Bonchev–Trinajstić information content (AvgIpc) is 2.91. The maximum absolute atomic E-state index is 5.77. The van der Waals surface area contributed by atoms with Crippen LogP contribution in [0.1, 0.15) is 42.8 Å². The fourth-order valence-electron chi connectivity index (χ4n) is 2.87.